The van der Waals surface area contributed by atoms with Gasteiger partial charge in [-0.15, -0.1) is 11.3 Å². The minimum Gasteiger partial charge on any atom is -0.465 e. The molecule has 0 spiro atoms. The van der Waals surface area contributed by atoms with Crippen molar-refractivity contribution in [3.05, 3.63) is 59.4 Å². The van der Waals surface area contributed by atoms with E-state index in [2.05, 4.69) is 24.3 Å². The van der Waals surface area contributed by atoms with Gasteiger partial charge in [-0.1, -0.05) is 30.3 Å². The Hall–Kier alpha value is -2.71. The molecule has 6 nitrogen and oxygen atoms in total. The van der Waals surface area contributed by atoms with Gasteiger partial charge in [-0.3, -0.25) is 4.68 Å². The van der Waals surface area contributed by atoms with Crippen molar-refractivity contribution in [2.75, 3.05) is 19.5 Å². The van der Waals surface area contributed by atoms with Crippen molar-refractivity contribution in [1.82, 2.24) is 14.7 Å². The van der Waals surface area contributed by atoms with Gasteiger partial charge in [0.05, 0.1) is 18.9 Å². The first-order valence-electron chi connectivity index (χ1n) is 9.25. The number of aryl methyl sites for hydroxylation is 1. The van der Waals surface area contributed by atoms with Gasteiger partial charge in [0.15, 0.2) is 5.11 Å². The fourth-order valence-corrected chi connectivity index (χ4v) is 4.25. The predicted octanol–water partition coefficient (Wildman–Crippen LogP) is 4.56. The summed E-state index contributed by atoms with van der Waals surface area (Å²) in [4.78, 5) is 15.2. The van der Waals surface area contributed by atoms with Crippen molar-refractivity contribution < 1.29 is 9.53 Å². The van der Waals surface area contributed by atoms with Gasteiger partial charge in [0, 0.05) is 36.3 Å². The summed E-state index contributed by atoms with van der Waals surface area (Å²) in [7, 11) is 3.30. The zero-order chi connectivity index (χ0) is 21.0. The molecule has 3 aromatic rings. The average molecular weight is 429 g/mol. The highest BCUT2D eigenvalue weighted by Crippen LogP contribution is 2.36. The van der Waals surface area contributed by atoms with Crippen LogP contribution in [0.3, 0.4) is 0 Å². The highest BCUT2D eigenvalue weighted by Gasteiger charge is 2.20. The summed E-state index contributed by atoms with van der Waals surface area (Å²) in [5.41, 5.74) is 3.75. The first-order chi connectivity index (χ1) is 13.9. The lowest BCUT2D eigenvalue weighted by Gasteiger charge is -2.20. The maximum atomic E-state index is 12.3. The number of hydrogen-bond donors (Lipinski definition) is 1. The minimum absolute atomic E-state index is 0.392. The minimum atomic E-state index is -0.392. The van der Waals surface area contributed by atoms with Gasteiger partial charge in [-0.25, -0.2) is 4.79 Å². The highest BCUT2D eigenvalue weighted by atomic mass is 32.1. The van der Waals surface area contributed by atoms with Crippen molar-refractivity contribution in [3.63, 3.8) is 0 Å². The van der Waals surface area contributed by atoms with Crippen LogP contribution in [0.25, 0.3) is 10.4 Å². The molecule has 0 aliphatic heterocycles. The van der Waals surface area contributed by atoms with Gasteiger partial charge in [0.25, 0.3) is 0 Å². The summed E-state index contributed by atoms with van der Waals surface area (Å²) in [6.45, 7) is 5.58. The van der Waals surface area contributed by atoms with Gasteiger partial charge < -0.3 is 15.0 Å². The first-order valence-corrected chi connectivity index (χ1v) is 10.5. The molecule has 1 aromatic carbocycles. The van der Waals surface area contributed by atoms with Crippen LogP contribution < -0.4 is 5.32 Å². The summed E-state index contributed by atoms with van der Waals surface area (Å²) in [5.74, 6) is -0.392. The SMILES string of the molecule is CCn1ncc(CN(C)C(=S)Nc2sc(-c3ccccc3)cc2C(=O)OC)c1C. The molecule has 152 valence electrons. The van der Waals surface area contributed by atoms with E-state index in [4.69, 9.17) is 17.0 Å². The third-order valence-electron chi connectivity index (χ3n) is 4.67. The number of methoxy groups -OCH3 is 1. The molecule has 0 saturated heterocycles. The molecule has 0 atom stereocenters. The van der Waals surface area contributed by atoms with Crippen molar-refractivity contribution in [1.29, 1.82) is 0 Å². The maximum absolute atomic E-state index is 12.3. The second kappa shape index (κ2) is 9.19. The molecule has 0 aliphatic rings. The van der Waals surface area contributed by atoms with Crippen LogP contribution in [-0.4, -0.2) is 39.9 Å². The van der Waals surface area contributed by atoms with Gasteiger partial charge in [-0.05, 0) is 37.7 Å². The van der Waals surface area contributed by atoms with Crippen molar-refractivity contribution >= 4 is 39.6 Å². The average Bonchev–Trinajstić information content (AvgIpc) is 3.31. The van der Waals surface area contributed by atoms with Crippen molar-refractivity contribution in [2.45, 2.75) is 26.9 Å². The Labute approximate surface area is 180 Å². The monoisotopic (exact) mass is 428 g/mol. The number of carbonyl (C=O) groups excluding carboxylic acids is 1. The normalized spacial score (nSPS) is 10.6. The molecule has 0 aliphatic carbocycles. The number of nitrogens with one attached hydrogen (secondary N) is 1. The second-order valence-corrected chi connectivity index (χ2v) is 8.01. The molecule has 2 aromatic heterocycles. The predicted molar refractivity (Wildman–Crippen MR) is 121 cm³/mol. The Morgan fingerprint density at radius 3 is 2.69 bits per heavy atom. The van der Waals surface area contributed by atoms with E-state index in [0.29, 0.717) is 22.2 Å². The lowest BCUT2D eigenvalue weighted by molar-refractivity contribution is 0.0602. The maximum Gasteiger partial charge on any atom is 0.340 e. The number of thiophene rings is 1. The standard InChI is InChI=1S/C21H24N4O2S2/c1-5-25-14(2)16(12-22-25)13-24(3)21(28)23-19-17(20(26)27-4)11-18(29-19)15-9-7-6-8-10-15/h6-12H,5,13H2,1-4H3,(H,23,28). The Bertz CT molecular complexity index is 1010. The third kappa shape index (κ3) is 4.65. The molecule has 0 amide bonds. The number of thiocarbonyl (C=S) groups is 1. The van der Waals surface area contributed by atoms with Crippen LogP contribution in [-0.2, 0) is 17.8 Å². The molecular formula is C21H24N4O2S2. The molecule has 3 rings (SSSR count). The van der Waals surface area contributed by atoms with E-state index in [1.165, 1.54) is 18.4 Å². The van der Waals surface area contributed by atoms with Gasteiger partial charge in [0.1, 0.15) is 5.00 Å². The number of hydrogen-bond acceptors (Lipinski definition) is 5. The van der Waals surface area contributed by atoms with E-state index in [-0.39, 0.29) is 0 Å². The number of aromatic nitrogens is 2. The van der Waals surface area contributed by atoms with E-state index in [1.807, 2.05) is 59.2 Å². The summed E-state index contributed by atoms with van der Waals surface area (Å²) < 4.78 is 6.91. The van der Waals surface area contributed by atoms with E-state index < -0.39 is 5.97 Å². The van der Waals surface area contributed by atoms with Crippen LogP contribution in [0.1, 0.15) is 28.5 Å². The van der Waals surface area contributed by atoms with Gasteiger partial charge in [-0.2, -0.15) is 5.10 Å². The molecule has 0 bridgehead atoms. The summed E-state index contributed by atoms with van der Waals surface area (Å²) in [5, 5.41) is 8.81. The molecule has 8 heteroatoms. The number of ether oxygens (including phenoxy) is 1. The fraction of sp³-hybridized carbons (Fsp3) is 0.286. The smallest absolute Gasteiger partial charge is 0.340 e. The van der Waals surface area contributed by atoms with Gasteiger partial charge in [0.2, 0.25) is 0 Å². The molecule has 0 fully saturated rings. The Balaban J connectivity index is 1.80. The Morgan fingerprint density at radius 2 is 2.07 bits per heavy atom. The molecule has 0 radical (unpaired) electrons. The molecule has 0 saturated carbocycles. The lowest BCUT2D eigenvalue weighted by Crippen LogP contribution is -2.31. The van der Waals surface area contributed by atoms with E-state index in [9.17, 15) is 4.79 Å². The van der Waals surface area contributed by atoms with Gasteiger partial charge >= 0.3 is 5.97 Å². The topological polar surface area (TPSA) is 59.4 Å². The highest BCUT2D eigenvalue weighted by molar-refractivity contribution is 7.80. The third-order valence-corrected chi connectivity index (χ3v) is 6.19. The number of carbonyl (C=O) groups is 1. The number of anilines is 1. The zero-order valence-corrected chi connectivity index (χ0v) is 18.6. The quantitative estimate of drug-likeness (QED) is 0.459. The van der Waals surface area contributed by atoms with E-state index in [0.717, 1.165) is 28.2 Å². The van der Waals surface area contributed by atoms with E-state index >= 15 is 0 Å². The first kappa shape index (κ1) is 21.0. The van der Waals surface area contributed by atoms with Crippen LogP contribution in [0.5, 0.6) is 0 Å². The molecule has 0 unspecified atom stereocenters. The fourth-order valence-electron chi connectivity index (χ4n) is 2.97. The van der Waals surface area contributed by atoms with Crippen molar-refractivity contribution in [3.8, 4) is 10.4 Å². The number of esters is 1. The van der Waals surface area contributed by atoms with Crippen LogP contribution in [0, 0.1) is 6.92 Å². The number of rotatable bonds is 6. The molecule has 1 N–H and O–H groups in total. The van der Waals surface area contributed by atoms with Crippen molar-refractivity contribution in [2.24, 2.45) is 0 Å². The molecular weight excluding hydrogens is 404 g/mol. The Kier molecular flexibility index (Phi) is 6.66. The molecule has 2 heterocycles. The van der Waals surface area contributed by atoms with Crippen LogP contribution in [0.2, 0.25) is 0 Å². The zero-order valence-electron chi connectivity index (χ0n) is 16.9. The summed E-state index contributed by atoms with van der Waals surface area (Å²) in [6, 6.07) is 11.8. The lowest BCUT2D eigenvalue weighted by atomic mass is 10.1. The van der Waals surface area contributed by atoms with Crippen LogP contribution >= 0.6 is 23.6 Å². The second-order valence-electron chi connectivity index (χ2n) is 6.57. The summed E-state index contributed by atoms with van der Waals surface area (Å²) in [6.07, 6.45) is 1.87. The van der Waals surface area contributed by atoms with E-state index in [1.54, 1.807) is 0 Å². The molecule has 29 heavy (non-hydrogen) atoms. The number of nitrogens with zero attached hydrogens (tertiary/aromatic N) is 3. The Morgan fingerprint density at radius 1 is 1.34 bits per heavy atom. The van der Waals surface area contributed by atoms with Crippen LogP contribution in [0.15, 0.2) is 42.6 Å². The largest absolute Gasteiger partial charge is 0.465 e. The summed E-state index contributed by atoms with van der Waals surface area (Å²) >= 11 is 7.06. The number of benzene rings is 1. The van der Waals surface area contributed by atoms with Crippen LogP contribution in [0.4, 0.5) is 5.00 Å².